The van der Waals surface area contributed by atoms with Crippen LogP contribution in [0.1, 0.15) is 30.7 Å². The largest absolute Gasteiger partial charge is 0.388 e. The maximum Gasteiger partial charge on any atom is 0.0821 e. The third-order valence-electron chi connectivity index (χ3n) is 3.77. The average Bonchev–Trinajstić information content (AvgIpc) is 3.05. The molecule has 1 aliphatic rings. The third kappa shape index (κ3) is 1.93. The Balaban J connectivity index is 1.99. The lowest BCUT2D eigenvalue weighted by atomic mass is 10.0. The molecule has 2 nitrogen and oxygen atoms in total. The minimum Gasteiger partial charge on any atom is -0.388 e. The second kappa shape index (κ2) is 3.81. The Hall–Kier alpha value is -1.41. The van der Waals surface area contributed by atoms with E-state index in [9.17, 15) is 5.11 Å². The lowest BCUT2D eigenvalue weighted by molar-refractivity contribution is 0.148. The van der Waals surface area contributed by atoms with Gasteiger partial charge < -0.3 is 5.11 Å². The number of fused-ring (bicyclic) bond motifs is 1. The third-order valence-corrected chi connectivity index (χ3v) is 3.77. The molecule has 1 aliphatic carbocycles. The van der Waals surface area contributed by atoms with Gasteiger partial charge >= 0.3 is 0 Å². The first-order valence-electron chi connectivity index (χ1n) is 6.20. The number of aromatic nitrogens is 1. The molecule has 88 valence electrons. The van der Waals surface area contributed by atoms with Gasteiger partial charge in [0.1, 0.15) is 0 Å². The van der Waals surface area contributed by atoms with Gasteiger partial charge in [0.25, 0.3) is 0 Å². The number of benzene rings is 1. The van der Waals surface area contributed by atoms with Crippen molar-refractivity contribution in [2.24, 2.45) is 11.8 Å². The van der Waals surface area contributed by atoms with Gasteiger partial charge in [-0.1, -0.05) is 19.1 Å². The van der Waals surface area contributed by atoms with E-state index < -0.39 is 0 Å². The number of hydrogen-bond acceptors (Lipinski definition) is 2. The first-order valence-corrected chi connectivity index (χ1v) is 6.20. The van der Waals surface area contributed by atoms with Gasteiger partial charge in [0.15, 0.2) is 0 Å². The van der Waals surface area contributed by atoms with Gasteiger partial charge in [0.2, 0.25) is 0 Å². The fourth-order valence-electron chi connectivity index (χ4n) is 2.47. The summed E-state index contributed by atoms with van der Waals surface area (Å²) in [5.41, 5.74) is 3.06. The highest BCUT2D eigenvalue weighted by molar-refractivity contribution is 5.79. The molecule has 0 aliphatic heterocycles. The van der Waals surface area contributed by atoms with Crippen molar-refractivity contribution in [2.75, 3.05) is 0 Å². The van der Waals surface area contributed by atoms with Crippen LogP contribution in [-0.4, -0.2) is 10.1 Å². The summed E-state index contributed by atoms with van der Waals surface area (Å²) in [6.45, 7) is 4.19. The molecule has 1 heterocycles. The summed E-state index contributed by atoms with van der Waals surface area (Å²) >= 11 is 0. The van der Waals surface area contributed by atoms with E-state index in [1.807, 2.05) is 25.1 Å². The number of nitrogens with zero attached hydrogens (tertiary/aromatic N) is 1. The average molecular weight is 227 g/mol. The molecule has 0 amide bonds. The Morgan fingerprint density at radius 3 is 2.76 bits per heavy atom. The number of aliphatic hydroxyl groups excluding tert-OH is 1. The summed E-state index contributed by atoms with van der Waals surface area (Å²) in [5, 5.41) is 11.3. The minimum atomic E-state index is -0.310. The number of rotatable bonds is 2. The lowest BCUT2D eigenvalue weighted by Gasteiger charge is -2.11. The highest BCUT2D eigenvalue weighted by atomic mass is 16.3. The maximum atomic E-state index is 10.2. The van der Waals surface area contributed by atoms with Crippen LogP contribution in [0.4, 0.5) is 0 Å². The van der Waals surface area contributed by atoms with E-state index >= 15 is 0 Å². The van der Waals surface area contributed by atoms with Crippen LogP contribution in [0.2, 0.25) is 0 Å². The van der Waals surface area contributed by atoms with E-state index in [4.69, 9.17) is 0 Å². The van der Waals surface area contributed by atoms with E-state index in [-0.39, 0.29) is 6.10 Å². The smallest absolute Gasteiger partial charge is 0.0821 e. The fraction of sp³-hybridized carbons (Fsp3) is 0.400. The lowest BCUT2D eigenvalue weighted by Crippen LogP contribution is -2.01. The SMILES string of the molecule is Cc1ccc2cc(C(O)C3CC3C)ccc2n1. The van der Waals surface area contributed by atoms with Gasteiger partial charge in [-0.15, -0.1) is 0 Å². The van der Waals surface area contributed by atoms with Gasteiger partial charge in [-0.2, -0.15) is 0 Å². The van der Waals surface area contributed by atoms with E-state index in [0.717, 1.165) is 28.6 Å². The number of pyridine rings is 1. The van der Waals surface area contributed by atoms with Crippen LogP contribution in [0.5, 0.6) is 0 Å². The molecule has 2 aromatic rings. The summed E-state index contributed by atoms with van der Waals surface area (Å²) < 4.78 is 0. The number of hydrogen-bond donors (Lipinski definition) is 1. The second-order valence-corrected chi connectivity index (χ2v) is 5.23. The van der Waals surface area contributed by atoms with E-state index in [0.29, 0.717) is 11.8 Å². The molecule has 1 saturated carbocycles. The van der Waals surface area contributed by atoms with Crippen LogP contribution < -0.4 is 0 Å². The van der Waals surface area contributed by atoms with Crippen molar-refractivity contribution in [3.05, 3.63) is 41.6 Å². The summed E-state index contributed by atoms with van der Waals surface area (Å²) in [7, 11) is 0. The predicted octanol–water partition coefficient (Wildman–Crippen LogP) is 3.23. The Kier molecular flexibility index (Phi) is 2.40. The zero-order valence-electron chi connectivity index (χ0n) is 10.2. The molecule has 3 rings (SSSR count). The molecule has 2 heteroatoms. The molecule has 17 heavy (non-hydrogen) atoms. The quantitative estimate of drug-likeness (QED) is 0.854. The van der Waals surface area contributed by atoms with Crippen LogP contribution >= 0.6 is 0 Å². The topological polar surface area (TPSA) is 33.1 Å². The monoisotopic (exact) mass is 227 g/mol. The van der Waals surface area contributed by atoms with E-state index in [1.165, 1.54) is 0 Å². The maximum absolute atomic E-state index is 10.2. The zero-order valence-corrected chi connectivity index (χ0v) is 10.2. The molecule has 0 spiro atoms. The highest BCUT2D eigenvalue weighted by Crippen LogP contribution is 2.47. The molecule has 1 aromatic heterocycles. The van der Waals surface area contributed by atoms with Crippen molar-refractivity contribution in [2.45, 2.75) is 26.4 Å². The Labute approximate surface area is 101 Å². The van der Waals surface area contributed by atoms with Crippen LogP contribution in [-0.2, 0) is 0 Å². The zero-order chi connectivity index (χ0) is 12.0. The van der Waals surface area contributed by atoms with E-state index in [1.54, 1.807) is 0 Å². The van der Waals surface area contributed by atoms with Crippen molar-refractivity contribution in [1.82, 2.24) is 4.98 Å². The molecule has 1 fully saturated rings. The highest BCUT2D eigenvalue weighted by Gasteiger charge is 2.39. The van der Waals surface area contributed by atoms with Gasteiger partial charge in [-0.3, -0.25) is 4.98 Å². The molecule has 1 aromatic carbocycles. The van der Waals surface area contributed by atoms with Gasteiger partial charge in [-0.05, 0) is 48.9 Å². The molecule has 0 saturated heterocycles. The molecule has 0 bridgehead atoms. The number of aliphatic hydroxyl groups is 1. The molecule has 3 atom stereocenters. The predicted molar refractivity (Wildman–Crippen MR) is 68.7 cm³/mol. The Morgan fingerprint density at radius 2 is 2.06 bits per heavy atom. The number of aryl methyl sites for hydroxylation is 1. The normalized spacial score (nSPS) is 24.9. The summed E-state index contributed by atoms with van der Waals surface area (Å²) in [5.74, 6) is 1.11. The molecule has 1 N–H and O–H groups in total. The van der Waals surface area contributed by atoms with Crippen molar-refractivity contribution in [1.29, 1.82) is 0 Å². The van der Waals surface area contributed by atoms with E-state index in [2.05, 4.69) is 24.0 Å². The summed E-state index contributed by atoms with van der Waals surface area (Å²) in [6, 6.07) is 10.2. The fourth-order valence-corrected chi connectivity index (χ4v) is 2.47. The van der Waals surface area contributed by atoms with Crippen molar-refractivity contribution < 1.29 is 5.11 Å². The Morgan fingerprint density at radius 1 is 1.29 bits per heavy atom. The van der Waals surface area contributed by atoms with Gasteiger partial charge in [0.05, 0.1) is 11.6 Å². The Bertz CT molecular complexity index is 564. The van der Waals surface area contributed by atoms with Gasteiger partial charge in [-0.25, -0.2) is 0 Å². The molecular weight excluding hydrogens is 210 g/mol. The molecular formula is C15H17NO. The van der Waals surface area contributed by atoms with Crippen LogP contribution in [0.25, 0.3) is 10.9 Å². The first kappa shape index (κ1) is 10.7. The van der Waals surface area contributed by atoms with Gasteiger partial charge in [0, 0.05) is 11.1 Å². The first-order chi connectivity index (χ1) is 8.15. The van der Waals surface area contributed by atoms with Crippen LogP contribution in [0, 0.1) is 18.8 Å². The molecule has 0 radical (unpaired) electrons. The summed E-state index contributed by atoms with van der Waals surface area (Å²) in [6.07, 6.45) is 0.835. The molecule has 3 unspecified atom stereocenters. The standard InChI is InChI=1S/C15H17NO/c1-9-7-13(9)15(17)12-5-6-14-11(8-12)4-3-10(2)16-14/h3-6,8-9,13,15,17H,7H2,1-2H3. The van der Waals surface area contributed by atoms with Crippen LogP contribution in [0.15, 0.2) is 30.3 Å². The second-order valence-electron chi connectivity index (χ2n) is 5.23. The van der Waals surface area contributed by atoms with Crippen LogP contribution in [0.3, 0.4) is 0 Å². The summed E-state index contributed by atoms with van der Waals surface area (Å²) in [4.78, 5) is 4.47. The van der Waals surface area contributed by atoms with Crippen molar-refractivity contribution in [3.63, 3.8) is 0 Å². The van der Waals surface area contributed by atoms with Crippen molar-refractivity contribution in [3.8, 4) is 0 Å². The minimum absolute atomic E-state index is 0.310. The van der Waals surface area contributed by atoms with Crippen molar-refractivity contribution >= 4 is 10.9 Å².